The zero-order valence-corrected chi connectivity index (χ0v) is 8.51. The Labute approximate surface area is 87.4 Å². The van der Waals surface area contributed by atoms with Crippen LogP contribution in [-0.4, -0.2) is 7.05 Å². The molecule has 0 radical (unpaired) electrons. The molecule has 1 N–H and O–H groups in total. The van der Waals surface area contributed by atoms with Crippen molar-refractivity contribution in [2.75, 3.05) is 7.05 Å². The molecule has 2 aromatic rings. The highest BCUT2D eigenvalue weighted by Crippen LogP contribution is 2.23. The first-order valence-corrected chi connectivity index (χ1v) is 4.70. The normalized spacial score (nSPS) is 10.4. The van der Waals surface area contributed by atoms with Crippen LogP contribution in [0.1, 0.15) is 0 Å². The molecule has 0 fully saturated rings. The standard InChI is InChI=1S/C11H10ClNO/c1-13-14-11-5-3-8-2-4-10(12)6-9(8)7-11/h2-7,13H,1H3. The van der Waals surface area contributed by atoms with Crippen molar-refractivity contribution in [2.24, 2.45) is 0 Å². The highest BCUT2D eigenvalue weighted by Gasteiger charge is 1.97. The summed E-state index contributed by atoms with van der Waals surface area (Å²) in [5.41, 5.74) is 2.63. The summed E-state index contributed by atoms with van der Waals surface area (Å²) in [6.45, 7) is 0. The number of fused-ring (bicyclic) bond motifs is 1. The quantitative estimate of drug-likeness (QED) is 0.765. The average molecular weight is 208 g/mol. The molecule has 0 aliphatic heterocycles. The van der Waals surface area contributed by atoms with Gasteiger partial charge in [0, 0.05) is 12.1 Å². The predicted molar refractivity (Wildman–Crippen MR) is 58.6 cm³/mol. The van der Waals surface area contributed by atoms with E-state index in [4.69, 9.17) is 16.4 Å². The van der Waals surface area contributed by atoms with E-state index in [2.05, 4.69) is 5.48 Å². The van der Waals surface area contributed by atoms with E-state index in [-0.39, 0.29) is 0 Å². The van der Waals surface area contributed by atoms with Crippen LogP contribution in [0.5, 0.6) is 5.75 Å². The predicted octanol–water partition coefficient (Wildman–Crippen LogP) is 3.01. The maximum absolute atomic E-state index is 5.89. The molecular formula is C11H10ClNO. The van der Waals surface area contributed by atoms with Gasteiger partial charge in [0.05, 0.1) is 0 Å². The molecule has 72 valence electrons. The van der Waals surface area contributed by atoms with Crippen molar-refractivity contribution in [3.63, 3.8) is 0 Å². The van der Waals surface area contributed by atoms with Gasteiger partial charge >= 0.3 is 0 Å². The van der Waals surface area contributed by atoms with E-state index in [0.717, 1.165) is 21.5 Å². The zero-order valence-electron chi connectivity index (χ0n) is 7.75. The van der Waals surface area contributed by atoms with Gasteiger partial charge < -0.3 is 4.84 Å². The summed E-state index contributed by atoms with van der Waals surface area (Å²) >= 11 is 5.89. The highest BCUT2D eigenvalue weighted by molar-refractivity contribution is 6.31. The molecule has 0 saturated heterocycles. The lowest BCUT2D eigenvalue weighted by atomic mass is 10.1. The van der Waals surface area contributed by atoms with Gasteiger partial charge in [-0.25, -0.2) is 0 Å². The van der Waals surface area contributed by atoms with Gasteiger partial charge in [0.15, 0.2) is 0 Å². The zero-order chi connectivity index (χ0) is 9.97. The Hall–Kier alpha value is -1.25. The van der Waals surface area contributed by atoms with Crippen LogP contribution in [0.15, 0.2) is 36.4 Å². The number of rotatable bonds is 2. The Morgan fingerprint density at radius 2 is 1.86 bits per heavy atom. The molecule has 0 amide bonds. The number of hydrogen-bond donors (Lipinski definition) is 1. The molecule has 0 aromatic heterocycles. The fourth-order valence-corrected chi connectivity index (χ4v) is 1.56. The molecule has 0 aliphatic carbocycles. The van der Waals surface area contributed by atoms with Gasteiger partial charge in [0.1, 0.15) is 5.75 Å². The lowest BCUT2D eigenvalue weighted by Gasteiger charge is -2.04. The first kappa shape index (κ1) is 9.31. The van der Waals surface area contributed by atoms with E-state index in [1.54, 1.807) is 7.05 Å². The van der Waals surface area contributed by atoms with Crippen molar-refractivity contribution >= 4 is 22.4 Å². The topological polar surface area (TPSA) is 21.3 Å². The smallest absolute Gasteiger partial charge is 0.147 e. The molecule has 0 atom stereocenters. The Morgan fingerprint density at radius 3 is 2.64 bits per heavy atom. The van der Waals surface area contributed by atoms with E-state index in [9.17, 15) is 0 Å². The number of halogens is 1. The van der Waals surface area contributed by atoms with Gasteiger partial charge in [0.2, 0.25) is 0 Å². The molecule has 0 bridgehead atoms. The molecular weight excluding hydrogens is 198 g/mol. The van der Waals surface area contributed by atoms with Crippen LogP contribution < -0.4 is 10.3 Å². The lowest BCUT2D eigenvalue weighted by Crippen LogP contribution is -2.10. The summed E-state index contributed by atoms with van der Waals surface area (Å²) in [6.07, 6.45) is 0. The van der Waals surface area contributed by atoms with Crippen LogP contribution in [0.3, 0.4) is 0 Å². The minimum absolute atomic E-state index is 0.735. The monoisotopic (exact) mass is 207 g/mol. The molecule has 0 saturated carbocycles. The minimum Gasteiger partial charge on any atom is -0.409 e. The third-order valence-electron chi connectivity index (χ3n) is 1.99. The SMILES string of the molecule is CNOc1ccc2ccc(Cl)cc2c1. The second kappa shape index (κ2) is 3.86. The second-order valence-electron chi connectivity index (χ2n) is 2.96. The van der Waals surface area contributed by atoms with E-state index in [0.29, 0.717) is 0 Å². The van der Waals surface area contributed by atoms with Crippen LogP contribution in [-0.2, 0) is 0 Å². The van der Waals surface area contributed by atoms with E-state index < -0.39 is 0 Å². The summed E-state index contributed by atoms with van der Waals surface area (Å²) in [7, 11) is 1.72. The summed E-state index contributed by atoms with van der Waals surface area (Å²) in [5, 5.41) is 2.96. The van der Waals surface area contributed by atoms with Crippen molar-refractivity contribution in [1.82, 2.24) is 5.48 Å². The van der Waals surface area contributed by atoms with Gasteiger partial charge in [-0.2, -0.15) is 5.48 Å². The number of hydrogen-bond acceptors (Lipinski definition) is 2. The molecule has 2 nitrogen and oxygen atoms in total. The summed E-state index contributed by atoms with van der Waals surface area (Å²) in [4.78, 5) is 5.16. The van der Waals surface area contributed by atoms with Gasteiger partial charge in [-0.3, -0.25) is 0 Å². The van der Waals surface area contributed by atoms with E-state index >= 15 is 0 Å². The Morgan fingerprint density at radius 1 is 1.07 bits per heavy atom. The minimum atomic E-state index is 0.735. The van der Waals surface area contributed by atoms with Crippen LogP contribution >= 0.6 is 11.6 Å². The molecule has 0 unspecified atom stereocenters. The van der Waals surface area contributed by atoms with Crippen LogP contribution in [0.25, 0.3) is 10.8 Å². The van der Waals surface area contributed by atoms with E-state index in [1.165, 1.54) is 0 Å². The first-order chi connectivity index (χ1) is 6.79. The second-order valence-corrected chi connectivity index (χ2v) is 3.40. The molecule has 3 heteroatoms. The van der Waals surface area contributed by atoms with Gasteiger partial charge in [-0.05, 0) is 35.0 Å². The Balaban J connectivity index is 2.52. The summed E-state index contributed by atoms with van der Waals surface area (Å²) in [6, 6.07) is 11.6. The van der Waals surface area contributed by atoms with Crippen LogP contribution in [0.2, 0.25) is 5.02 Å². The molecule has 0 aliphatic rings. The van der Waals surface area contributed by atoms with Crippen molar-refractivity contribution in [2.45, 2.75) is 0 Å². The molecule has 2 aromatic carbocycles. The van der Waals surface area contributed by atoms with Gasteiger partial charge in [-0.1, -0.05) is 23.7 Å². The van der Waals surface area contributed by atoms with Gasteiger partial charge in [-0.15, -0.1) is 0 Å². The first-order valence-electron chi connectivity index (χ1n) is 4.32. The van der Waals surface area contributed by atoms with Crippen LogP contribution in [0.4, 0.5) is 0 Å². The maximum atomic E-state index is 5.89. The Bertz CT molecular complexity index is 456. The van der Waals surface area contributed by atoms with Crippen molar-refractivity contribution in [1.29, 1.82) is 0 Å². The largest absolute Gasteiger partial charge is 0.409 e. The summed E-state index contributed by atoms with van der Waals surface area (Å²) < 4.78 is 0. The number of nitrogens with one attached hydrogen (secondary N) is 1. The van der Waals surface area contributed by atoms with Crippen LogP contribution in [0, 0.1) is 0 Å². The average Bonchev–Trinajstić information content (AvgIpc) is 2.17. The fraction of sp³-hybridized carbons (Fsp3) is 0.0909. The molecule has 0 spiro atoms. The molecule has 0 heterocycles. The number of benzene rings is 2. The maximum Gasteiger partial charge on any atom is 0.147 e. The third-order valence-corrected chi connectivity index (χ3v) is 2.23. The number of hydroxylamine groups is 1. The fourth-order valence-electron chi connectivity index (χ4n) is 1.38. The van der Waals surface area contributed by atoms with Crippen molar-refractivity contribution in [3.8, 4) is 5.75 Å². The molecule has 14 heavy (non-hydrogen) atoms. The third kappa shape index (κ3) is 1.81. The van der Waals surface area contributed by atoms with Crippen molar-refractivity contribution < 1.29 is 4.84 Å². The highest BCUT2D eigenvalue weighted by atomic mass is 35.5. The van der Waals surface area contributed by atoms with E-state index in [1.807, 2.05) is 36.4 Å². The van der Waals surface area contributed by atoms with Crippen molar-refractivity contribution in [3.05, 3.63) is 41.4 Å². The summed E-state index contributed by atoms with van der Waals surface area (Å²) in [5.74, 6) is 0.780. The lowest BCUT2D eigenvalue weighted by molar-refractivity contribution is 0.224. The molecule has 2 rings (SSSR count). The Kier molecular flexibility index (Phi) is 2.57. The van der Waals surface area contributed by atoms with Gasteiger partial charge in [0.25, 0.3) is 0 Å².